The van der Waals surface area contributed by atoms with Gasteiger partial charge in [-0.1, -0.05) is 6.42 Å². The Balaban J connectivity index is 1.63. The maximum Gasteiger partial charge on any atom is 0.436 e. The molecule has 1 N–H and O–H groups in total. The fourth-order valence-corrected chi connectivity index (χ4v) is 4.82. The molecule has 0 aromatic carbocycles. The summed E-state index contributed by atoms with van der Waals surface area (Å²) in [6.07, 6.45) is 0.391. The standard InChI is InChI=1S/C16H21BrF3N3O/c1-8(12-6-10-3-4-11(12)5-10)21-13(24)7-23-9(2)14(17)15(22-23)16(18,19)20/h8,10-12H,3-7H2,1-2H3,(H,21,24). The molecule has 1 amide bonds. The largest absolute Gasteiger partial charge is 0.436 e. The third kappa shape index (κ3) is 3.34. The van der Waals surface area contributed by atoms with E-state index in [9.17, 15) is 18.0 Å². The Morgan fingerprint density at radius 3 is 2.62 bits per heavy atom. The number of halogens is 4. The van der Waals surface area contributed by atoms with Gasteiger partial charge in [0.2, 0.25) is 5.91 Å². The zero-order valence-corrected chi connectivity index (χ0v) is 15.2. The fraction of sp³-hybridized carbons (Fsp3) is 0.750. The molecule has 8 heteroatoms. The lowest BCUT2D eigenvalue weighted by Crippen LogP contribution is -2.41. The number of amides is 1. The molecule has 0 saturated heterocycles. The summed E-state index contributed by atoms with van der Waals surface area (Å²) in [5, 5.41) is 6.50. The lowest BCUT2D eigenvalue weighted by Gasteiger charge is -2.28. The van der Waals surface area contributed by atoms with Gasteiger partial charge in [-0.2, -0.15) is 18.3 Å². The minimum atomic E-state index is -4.54. The smallest absolute Gasteiger partial charge is 0.352 e. The third-order valence-electron chi connectivity index (χ3n) is 5.52. The first-order chi connectivity index (χ1) is 11.2. The summed E-state index contributed by atoms with van der Waals surface area (Å²) < 4.78 is 39.6. The minimum absolute atomic E-state index is 0.0502. The van der Waals surface area contributed by atoms with E-state index in [4.69, 9.17) is 0 Å². The molecule has 1 aromatic heterocycles. The molecule has 1 aromatic rings. The van der Waals surface area contributed by atoms with Gasteiger partial charge in [0.25, 0.3) is 0 Å². The number of hydrogen-bond acceptors (Lipinski definition) is 2. The number of carbonyl (C=O) groups is 1. The van der Waals surface area contributed by atoms with E-state index in [1.54, 1.807) is 0 Å². The van der Waals surface area contributed by atoms with E-state index in [0.717, 1.165) is 17.0 Å². The summed E-state index contributed by atoms with van der Waals surface area (Å²) in [5.74, 6) is 1.67. The second kappa shape index (κ2) is 6.35. The predicted molar refractivity (Wildman–Crippen MR) is 86.2 cm³/mol. The molecule has 1 heterocycles. The van der Waals surface area contributed by atoms with Gasteiger partial charge in [0.05, 0.1) is 10.2 Å². The Morgan fingerprint density at radius 2 is 2.12 bits per heavy atom. The SMILES string of the molecule is Cc1c(Br)c(C(F)(F)F)nn1CC(=O)NC(C)C1CC2CCC1C2. The highest BCUT2D eigenvalue weighted by molar-refractivity contribution is 9.10. The highest BCUT2D eigenvalue weighted by Crippen LogP contribution is 2.49. The molecular formula is C16H21BrF3N3O. The molecule has 24 heavy (non-hydrogen) atoms. The van der Waals surface area contributed by atoms with Crippen LogP contribution in [0.2, 0.25) is 0 Å². The van der Waals surface area contributed by atoms with Crippen LogP contribution in [-0.4, -0.2) is 21.7 Å². The van der Waals surface area contributed by atoms with Crippen molar-refractivity contribution in [2.45, 2.75) is 58.3 Å². The van der Waals surface area contributed by atoms with Crippen LogP contribution in [0.3, 0.4) is 0 Å². The van der Waals surface area contributed by atoms with Crippen LogP contribution in [0.15, 0.2) is 4.47 Å². The summed E-state index contributed by atoms with van der Waals surface area (Å²) in [7, 11) is 0. The topological polar surface area (TPSA) is 46.9 Å². The first-order valence-electron chi connectivity index (χ1n) is 8.26. The van der Waals surface area contributed by atoms with Crippen molar-refractivity contribution in [3.8, 4) is 0 Å². The van der Waals surface area contributed by atoms with Crippen molar-refractivity contribution in [1.29, 1.82) is 0 Å². The fourth-order valence-electron chi connectivity index (χ4n) is 4.31. The number of aromatic nitrogens is 2. The molecular weight excluding hydrogens is 387 g/mol. The first-order valence-corrected chi connectivity index (χ1v) is 9.05. The van der Waals surface area contributed by atoms with E-state index < -0.39 is 11.9 Å². The van der Waals surface area contributed by atoms with Crippen LogP contribution in [0.25, 0.3) is 0 Å². The summed E-state index contributed by atoms with van der Waals surface area (Å²) in [5.41, 5.74) is -0.695. The lowest BCUT2D eigenvalue weighted by atomic mass is 9.84. The van der Waals surface area contributed by atoms with Gasteiger partial charge in [-0.15, -0.1) is 0 Å². The Bertz CT molecular complexity index is 643. The van der Waals surface area contributed by atoms with E-state index >= 15 is 0 Å². The number of fused-ring (bicyclic) bond motifs is 2. The average Bonchev–Trinajstić information content (AvgIpc) is 3.17. The average molecular weight is 408 g/mol. The zero-order chi connectivity index (χ0) is 17.6. The summed E-state index contributed by atoms with van der Waals surface area (Å²) >= 11 is 2.92. The molecule has 2 saturated carbocycles. The summed E-state index contributed by atoms with van der Waals surface area (Å²) in [6.45, 7) is 3.31. The van der Waals surface area contributed by atoms with Crippen LogP contribution in [0, 0.1) is 24.7 Å². The van der Waals surface area contributed by atoms with Crippen molar-refractivity contribution in [3.05, 3.63) is 15.9 Å². The van der Waals surface area contributed by atoms with E-state index in [1.165, 1.54) is 26.2 Å². The van der Waals surface area contributed by atoms with Crippen LogP contribution in [0.5, 0.6) is 0 Å². The van der Waals surface area contributed by atoms with Gasteiger partial charge in [-0.25, -0.2) is 0 Å². The molecule has 3 rings (SSSR count). The minimum Gasteiger partial charge on any atom is -0.352 e. The molecule has 134 valence electrons. The second-order valence-electron chi connectivity index (χ2n) is 7.10. The Morgan fingerprint density at radius 1 is 1.42 bits per heavy atom. The normalized spacial score (nSPS) is 27.5. The van der Waals surface area contributed by atoms with Crippen LogP contribution in [0.1, 0.15) is 44.0 Å². The number of alkyl halides is 3. The first kappa shape index (κ1) is 17.8. The van der Waals surface area contributed by atoms with E-state index in [-0.39, 0.29) is 23.0 Å². The van der Waals surface area contributed by atoms with Crippen molar-refractivity contribution >= 4 is 21.8 Å². The van der Waals surface area contributed by atoms with Gasteiger partial charge in [-0.3, -0.25) is 9.48 Å². The van der Waals surface area contributed by atoms with Crippen molar-refractivity contribution in [2.24, 2.45) is 17.8 Å². The highest BCUT2D eigenvalue weighted by atomic mass is 79.9. The molecule has 4 unspecified atom stereocenters. The van der Waals surface area contributed by atoms with E-state index in [1.807, 2.05) is 6.92 Å². The van der Waals surface area contributed by atoms with Crippen LogP contribution in [-0.2, 0) is 17.5 Å². The highest BCUT2D eigenvalue weighted by Gasteiger charge is 2.42. The summed E-state index contributed by atoms with van der Waals surface area (Å²) in [4.78, 5) is 12.2. The van der Waals surface area contributed by atoms with E-state index in [2.05, 4.69) is 26.3 Å². The predicted octanol–water partition coefficient (Wildman–Crippen LogP) is 3.91. The number of nitrogens with zero attached hydrogens (tertiary/aromatic N) is 2. The number of carbonyl (C=O) groups excluding carboxylic acids is 1. The van der Waals surface area contributed by atoms with Crippen LogP contribution >= 0.6 is 15.9 Å². The van der Waals surface area contributed by atoms with Gasteiger partial charge in [-0.05, 0) is 66.8 Å². The molecule has 2 aliphatic rings. The lowest BCUT2D eigenvalue weighted by molar-refractivity contribution is -0.142. The molecule has 4 atom stereocenters. The molecule has 2 fully saturated rings. The van der Waals surface area contributed by atoms with E-state index in [0.29, 0.717) is 17.5 Å². The van der Waals surface area contributed by atoms with Gasteiger partial charge in [0.1, 0.15) is 6.54 Å². The quantitative estimate of drug-likeness (QED) is 0.821. The van der Waals surface area contributed by atoms with Crippen molar-refractivity contribution < 1.29 is 18.0 Å². The van der Waals surface area contributed by atoms with Crippen molar-refractivity contribution in [3.63, 3.8) is 0 Å². The van der Waals surface area contributed by atoms with Gasteiger partial charge >= 0.3 is 6.18 Å². The number of hydrogen-bond donors (Lipinski definition) is 1. The molecule has 0 spiro atoms. The molecule has 4 nitrogen and oxygen atoms in total. The Hall–Kier alpha value is -1.05. The molecule has 0 radical (unpaired) electrons. The van der Waals surface area contributed by atoms with Gasteiger partial charge in [0, 0.05) is 6.04 Å². The Labute approximate surface area is 147 Å². The molecule has 2 aliphatic carbocycles. The van der Waals surface area contributed by atoms with Crippen molar-refractivity contribution in [2.75, 3.05) is 0 Å². The van der Waals surface area contributed by atoms with Gasteiger partial charge < -0.3 is 5.32 Å². The van der Waals surface area contributed by atoms with Crippen LogP contribution < -0.4 is 5.32 Å². The third-order valence-corrected chi connectivity index (χ3v) is 6.47. The van der Waals surface area contributed by atoms with Gasteiger partial charge in [0.15, 0.2) is 5.69 Å². The Kier molecular flexibility index (Phi) is 4.70. The molecule has 2 bridgehead atoms. The second-order valence-corrected chi connectivity index (χ2v) is 7.89. The molecule has 0 aliphatic heterocycles. The number of rotatable bonds is 4. The number of nitrogens with one attached hydrogen (secondary N) is 1. The maximum atomic E-state index is 12.9. The van der Waals surface area contributed by atoms with Crippen molar-refractivity contribution in [1.82, 2.24) is 15.1 Å². The zero-order valence-electron chi connectivity index (χ0n) is 13.7. The maximum absolute atomic E-state index is 12.9. The summed E-state index contributed by atoms with van der Waals surface area (Å²) in [6, 6.07) is 0.0502. The monoisotopic (exact) mass is 407 g/mol. The van der Waals surface area contributed by atoms with Crippen LogP contribution in [0.4, 0.5) is 13.2 Å².